The first-order valence-corrected chi connectivity index (χ1v) is 6.73. The highest BCUT2D eigenvalue weighted by Gasteiger charge is 2.33. The van der Waals surface area contributed by atoms with E-state index >= 15 is 0 Å². The Balaban J connectivity index is 2.21. The lowest BCUT2D eigenvalue weighted by molar-refractivity contribution is 0.0603. The minimum atomic E-state index is -0.385. The van der Waals surface area contributed by atoms with Crippen LogP contribution in [0.25, 0.3) is 4.83 Å². The van der Waals surface area contributed by atoms with E-state index < -0.39 is 0 Å². The predicted molar refractivity (Wildman–Crippen MR) is 68.4 cm³/mol. The molecule has 1 fully saturated rings. The van der Waals surface area contributed by atoms with Crippen molar-refractivity contribution in [2.75, 3.05) is 7.11 Å². The van der Waals surface area contributed by atoms with E-state index in [1.54, 1.807) is 6.07 Å². The summed E-state index contributed by atoms with van der Waals surface area (Å²) in [5, 5.41) is 1.95. The van der Waals surface area contributed by atoms with E-state index in [0.29, 0.717) is 11.3 Å². The fraction of sp³-hybridized carbons (Fsp3) is 0.385. The number of methoxy groups -OCH3 is 1. The molecule has 1 aliphatic carbocycles. The van der Waals surface area contributed by atoms with Crippen LogP contribution in [0.1, 0.15) is 39.4 Å². The van der Waals surface area contributed by atoms with Crippen LogP contribution in [0.2, 0.25) is 0 Å². The number of rotatable bonds is 3. The smallest absolute Gasteiger partial charge is 0.340 e. The van der Waals surface area contributed by atoms with Crippen LogP contribution >= 0.6 is 11.3 Å². The Bertz CT molecular complexity index is 649. The second-order valence-electron chi connectivity index (χ2n) is 4.59. The summed E-state index contributed by atoms with van der Waals surface area (Å²) in [7, 11) is 1.36. The number of Topliss-reactive ketones (excluding diaryl/α,β-unsaturated/α-hetero) is 1. The lowest BCUT2D eigenvalue weighted by atomic mass is 10.2. The van der Waals surface area contributed by atoms with Gasteiger partial charge in [-0.2, -0.15) is 0 Å². The lowest BCUT2D eigenvalue weighted by Gasteiger charge is -1.98. The fourth-order valence-corrected chi connectivity index (χ4v) is 3.15. The van der Waals surface area contributed by atoms with Crippen molar-refractivity contribution in [2.45, 2.75) is 19.8 Å². The van der Waals surface area contributed by atoms with Crippen molar-refractivity contribution in [3.8, 4) is 0 Å². The molecule has 0 spiro atoms. The zero-order valence-corrected chi connectivity index (χ0v) is 11.0. The van der Waals surface area contributed by atoms with Gasteiger partial charge in [-0.15, -0.1) is 11.3 Å². The molecule has 0 amide bonds. The van der Waals surface area contributed by atoms with Crippen LogP contribution in [0.4, 0.5) is 0 Å². The number of thiazole rings is 1. The Labute approximate surface area is 108 Å². The van der Waals surface area contributed by atoms with Crippen LogP contribution in [0.15, 0.2) is 11.4 Å². The third-order valence-electron chi connectivity index (χ3n) is 3.26. The molecule has 3 rings (SSSR count). The van der Waals surface area contributed by atoms with Gasteiger partial charge in [-0.25, -0.2) is 4.79 Å². The molecular formula is C13H13NO3S. The SMILES string of the molecule is COC(=O)c1cc(C(=O)C2CC2)n2c(C)csc12. The summed E-state index contributed by atoms with van der Waals surface area (Å²) < 4.78 is 6.64. The number of carbonyl (C=O) groups excluding carboxylic acids is 2. The summed E-state index contributed by atoms with van der Waals surface area (Å²) in [6.07, 6.45) is 1.92. The topological polar surface area (TPSA) is 47.8 Å². The first kappa shape index (κ1) is 11.5. The molecule has 0 aromatic carbocycles. The quantitative estimate of drug-likeness (QED) is 0.632. The van der Waals surface area contributed by atoms with Crippen molar-refractivity contribution in [2.24, 2.45) is 5.92 Å². The van der Waals surface area contributed by atoms with Gasteiger partial charge in [-0.3, -0.25) is 4.79 Å². The maximum atomic E-state index is 12.2. The molecule has 0 N–H and O–H groups in total. The van der Waals surface area contributed by atoms with E-state index in [1.807, 2.05) is 16.7 Å². The van der Waals surface area contributed by atoms with Crippen LogP contribution in [-0.2, 0) is 4.74 Å². The summed E-state index contributed by atoms with van der Waals surface area (Å²) in [6, 6.07) is 1.67. The van der Waals surface area contributed by atoms with E-state index in [-0.39, 0.29) is 17.7 Å². The average Bonchev–Trinajstić information content (AvgIpc) is 3.05. The van der Waals surface area contributed by atoms with Gasteiger partial charge in [0.25, 0.3) is 0 Å². The molecule has 5 heteroatoms. The zero-order valence-electron chi connectivity index (χ0n) is 10.2. The molecule has 18 heavy (non-hydrogen) atoms. The van der Waals surface area contributed by atoms with Crippen molar-refractivity contribution in [3.63, 3.8) is 0 Å². The van der Waals surface area contributed by atoms with E-state index in [1.165, 1.54) is 18.4 Å². The van der Waals surface area contributed by atoms with Crippen molar-refractivity contribution in [1.82, 2.24) is 4.40 Å². The number of aromatic nitrogens is 1. The van der Waals surface area contributed by atoms with Crippen molar-refractivity contribution in [1.29, 1.82) is 0 Å². The number of carbonyl (C=O) groups is 2. The number of ketones is 1. The molecule has 2 aromatic heterocycles. The van der Waals surface area contributed by atoms with Gasteiger partial charge in [-0.05, 0) is 25.8 Å². The van der Waals surface area contributed by atoms with Crippen LogP contribution in [-0.4, -0.2) is 23.3 Å². The Morgan fingerprint density at radius 1 is 1.44 bits per heavy atom. The third kappa shape index (κ3) is 1.58. The van der Waals surface area contributed by atoms with Gasteiger partial charge in [0, 0.05) is 17.0 Å². The summed E-state index contributed by atoms with van der Waals surface area (Å²) in [4.78, 5) is 24.7. The van der Waals surface area contributed by atoms with Gasteiger partial charge in [0.2, 0.25) is 0 Å². The highest BCUT2D eigenvalue weighted by molar-refractivity contribution is 7.16. The Morgan fingerprint density at radius 3 is 2.78 bits per heavy atom. The summed E-state index contributed by atoms with van der Waals surface area (Å²) in [5.74, 6) is -0.0984. The average molecular weight is 263 g/mol. The minimum absolute atomic E-state index is 0.140. The first-order chi connectivity index (χ1) is 8.63. The van der Waals surface area contributed by atoms with Crippen LogP contribution < -0.4 is 0 Å². The number of fused-ring (bicyclic) bond motifs is 1. The summed E-state index contributed by atoms with van der Waals surface area (Å²) in [6.45, 7) is 1.94. The van der Waals surface area contributed by atoms with Crippen molar-refractivity contribution >= 4 is 27.9 Å². The second-order valence-corrected chi connectivity index (χ2v) is 5.45. The van der Waals surface area contributed by atoms with E-state index in [9.17, 15) is 9.59 Å². The van der Waals surface area contributed by atoms with Crippen LogP contribution in [0.3, 0.4) is 0 Å². The van der Waals surface area contributed by atoms with Crippen molar-refractivity contribution in [3.05, 3.63) is 28.4 Å². The summed E-state index contributed by atoms with van der Waals surface area (Å²) >= 11 is 1.46. The van der Waals surface area contributed by atoms with Gasteiger partial charge < -0.3 is 9.14 Å². The molecule has 0 saturated heterocycles. The van der Waals surface area contributed by atoms with E-state index in [2.05, 4.69) is 0 Å². The fourth-order valence-electron chi connectivity index (χ4n) is 2.15. The molecule has 0 atom stereocenters. The predicted octanol–water partition coefficient (Wildman–Crippen LogP) is 2.69. The molecule has 4 nitrogen and oxygen atoms in total. The number of aryl methyl sites for hydroxylation is 1. The molecule has 1 aliphatic rings. The van der Waals surface area contributed by atoms with Gasteiger partial charge in [0.05, 0.1) is 18.4 Å². The number of hydrogen-bond acceptors (Lipinski definition) is 4. The number of hydrogen-bond donors (Lipinski definition) is 0. The van der Waals surface area contributed by atoms with E-state index in [4.69, 9.17) is 4.74 Å². The van der Waals surface area contributed by atoms with E-state index in [0.717, 1.165) is 23.4 Å². The highest BCUT2D eigenvalue weighted by Crippen LogP contribution is 2.35. The largest absolute Gasteiger partial charge is 0.465 e. The molecule has 2 heterocycles. The first-order valence-electron chi connectivity index (χ1n) is 5.85. The van der Waals surface area contributed by atoms with Gasteiger partial charge in [-0.1, -0.05) is 0 Å². The second kappa shape index (κ2) is 3.95. The Kier molecular flexibility index (Phi) is 2.52. The molecule has 1 saturated carbocycles. The zero-order chi connectivity index (χ0) is 12.9. The Hall–Kier alpha value is -1.62. The van der Waals surface area contributed by atoms with Crippen molar-refractivity contribution < 1.29 is 14.3 Å². The highest BCUT2D eigenvalue weighted by atomic mass is 32.1. The Morgan fingerprint density at radius 2 is 2.17 bits per heavy atom. The molecule has 0 radical (unpaired) electrons. The molecule has 94 valence electrons. The third-order valence-corrected chi connectivity index (χ3v) is 4.34. The molecule has 0 unspecified atom stereocenters. The van der Waals surface area contributed by atoms with Gasteiger partial charge in [0.15, 0.2) is 5.78 Å². The summed E-state index contributed by atoms with van der Waals surface area (Å²) in [5.41, 5.74) is 2.08. The number of esters is 1. The molecule has 0 aliphatic heterocycles. The maximum absolute atomic E-state index is 12.2. The van der Waals surface area contributed by atoms with Crippen LogP contribution in [0, 0.1) is 12.8 Å². The molecular weight excluding hydrogens is 250 g/mol. The maximum Gasteiger partial charge on any atom is 0.340 e. The minimum Gasteiger partial charge on any atom is -0.465 e. The normalized spacial score (nSPS) is 15.0. The number of nitrogens with zero attached hydrogens (tertiary/aromatic N) is 1. The van der Waals surface area contributed by atoms with Crippen LogP contribution in [0.5, 0.6) is 0 Å². The number of ether oxygens (including phenoxy) is 1. The monoisotopic (exact) mass is 263 g/mol. The standard InChI is InChI=1S/C13H13NO3S/c1-7-6-18-12-9(13(16)17-2)5-10(14(7)12)11(15)8-3-4-8/h5-6,8H,3-4H2,1-2H3. The van der Waals surface area contributed by atoms with Gasteiger partial charge in [0.1, 0.15) is 4.83 Å². The molecule has 0 bridgehead atoms. The van der Waals surface area contributed by atoms with Gasteiger partial charge >= 0.3 is 5.97 Å². The molecule has 2 aromatic rings. The lowest BCUT2D eigenvalue weighted by Crippen LogP contribution is -2.05.